The molecule has 2 bridgehead atoms. The second-order valence-electron chi connectivity index (χ2n) is 8.45. The van der Waals surface area contributed by atoms with E-state index in [-0.39, 0.29) is 0 Å². The summed E-state index contributed by atoms with van der Waals surface area (Å²) in [6.45, 7) is 0. The van der Waals surface area contributed by atoms with Crippen molar-refractivity contribution in [3.63, 3.8) is 0 Å². The van der Waals surface area contributed by atoms with Crippen molar-refractivity contribution in [2.75, 3.05) is 5.32 Å². The second-order valence-corrected chi connectivity index (χ2v) is 8.45. The Morgan fingerprint density at radius 2 is 2.03 bits per heavy atom. The van der Waals surface area contributed by atoms with Crippen LogP contribution in [-0.4, -0.2) is 35.8 Å². The third kappa shape index (κ3) is 2.69. The predicted octanol–water partition coefficient (Wildman–Crippen LogP) is 4.04. The molecule has 4 heterocycles. The van der Waals surface area contributed by atoms with Gasteiger partial charge >= 0.3 is 0 Å². The highest BCUT2D eigenvalue weighted by atomic mass is 19.1. The van der Waals surface area contributed by atoms with Crippen molar-refractivity contribution in [3.05, 3.63) is 30.3 Å². The van der Waals surface area contributed by atoms with E-state index in [2.05, 4.69) is 26.6 Å². The van der Waals surface area contributed by atoms with Crippen LogP contribution in [0.2, 0.25) is 0 Å². The van der Waals surface area contributed by atoms with E-state index in [1.165, 1.54) is 44.4 Å². The molecule has 148 valence electrons. The summed E-state index contributed by atoms with van der Waals surface area (Å²) in [5.41, 5.74) is 1.88. The fraction of sp³-hybridized carbons (Fsp3) is 0.429. The van der Waals surface area contributed by atoms with E-state index >= 15 is 0 Å². The smallest absolute Gasteiger partial charge is 0.182 e. The number of aryl methyl sites for hydroxylation is 1. The first-order valence-electron chi connectivity index (χ1n) is 10.3. The normalized spacial score (nSPS) is 23.9. The number of aromatic amines is 1. The molecule has 2 N–H and O–H groups in total. The fourth-order valence-corrected chi connectivity index (χ4v) is 5.13. The molecule has 0 aromatic carbocycles. The maximum atomic E-state index is 13.8. The number of rotatable bonds is 3. The lowest BCUT2D eigenvalue weighted by Crippen LogP contribution is -2.40. The maximum absolute atomic E-state index is 13.8. The SMILES string of the molecule is Cn1ccc2c(NC3CC4CCC3CC4)nc(-c3[nH]nc4ncc(F)cc34)nc21. The van der Waals surface area contributed by atoms with Crippen LogP contribution >= 0.6 is 0 Å². The van der Waals surface area contributed by atoms with Crippen LogP contribution in [0, 0.1) is 17.7 Å². The van der Waals surface area contributed by atoms with Gasteiger partial charge in [0.15, 0.2) is 11.5 Å². The monoisotopic (exact) mass is 391 g/mol. The first-order chi connectivity index (χ1) is 14.2. The third-order valence-electron chi connectivity index (χ3n) is 6.69. The predicted molar refractivity (Wildman–Crippen MR) is 109 cm³/mol. The molecule has 4 aromatic rings. The van der Waals surface area contributed by atoms with Crippen LogP contribution in [0.25, 0.3) is 33.6 Å². The molecule has 3 aliphatic carbocycles. The summed E-state index contributed by atoms with van der Waals surface area (Å²) in [4.78, 5) is 13.7. The highest BCUT2D eigenvalue weighted by Crippen LogP contribution is 2.43. The number of anilines is 1. The molecular weight excluding hydrogens is 369 g/mol. The zero-order valence-electron chi connectivity index (χ0n) is 16.2. The molecule has 7 nitrogen and oxygen atoms in total. The summed E-state index contributed by atoms with van der Waals surface area (Å²) in [7, 11) is 1.97. The number of nitrogens with zero attached hydrogens (tertiary/aromatic N) is 5. The molecular formula is C21H22FN7. The number of fused-ring (bicyclic) bond motifs is 5. The van der Waals surface area contributed by atoms with E-state index in [1.54, 1.807) is 0 Å². The minimum absolute atomic E-state index is 0.406. The van der Waals surface area contributed by atoms with Gasteiger partial charge in [0.2, 0.25) is 0 Å². The summed E-state index contributed by atoms with van der Waals surface area (Å²) in [6, 6.07) is 3.92. The summed E-state index contributed by atoms with van der Waals surface area (Å²) in [6.07, 6.45) is 9.69. The van der Waals surface area contributed by atoms with Gasteiger partial charge in [0, 0.05) is 19.3 Å². The summed E-state index contributed by atoms with van der Waals surface area (Å²) >= 11 is 0. The van der Waals surface area contributed by atoms with Gasteiger partial charge in [-0.05, 0) is 43.2 Å². The van der Waals surface area contributed by atoms with E-state index in [0.29, 0.717) is 34.5 Å². The molecule has 1 atom stereocenters. The Kier molecular flexibility index (Phi) is 3.63. The minimum atomic E-state index is -0.406. The topological polar surface area (TPSA) is 84.3 Å². The number of H-pyrrole nitrogens is 1. The summed E-state index contributed by atoms with van der Waals surface area (Å²) in [5.74, 6) is 2.48. The lowest BCUT2D eigenvalue weighted by Gasteiger charge is -2.42. The Morgan fingerprint density at radius 1 is 1.17 bits per heavy atom. The van der Waals surface area contributed by atoms with Crippen molar-refractivity contribution in [1.82, 2.24) is 29.7 Å². The second kappa shape index (κ2) is 6.23. The van der Waals surface area contributed by atoms with Gasteiger partial charge in [0.25, 0.3) is 0 Å². The Morgan fingerprint density at radius 3 is 2.83 bits per heavy atom. The van der Waals surface area contributed by atoms with Gasteiger partial charge in [-0.3, -0.25) is 5.10 Å². The quantitative estimate of drug-likeness (QED) is 0.551. The number of pyridine rings is 1. The Bertz CT molecular complexity index is 1220. The van der Waals surface area contributed by atoms with Gasteiger partial charge in [-0.2, -0.15) is 5.10 Å². The van der Waals surface area contributed by atoms with Gasteiger partial charge in [-0.15, -0.1) is 0 Å². The van der Waals surface area contributed by atoms with Crippen LogP contribution in [0.15, 0.2) is 24.5 Å². The molecule has 3 fully saturated rings. The zero-order valence-corrected chi connectivity index (χ0v) is 16.2. The molecule has 8 heteroatoms. The molecule has 0 radical (unpaired) electrons. The number of halogens is 1. The van der Waals surface area contributed by atoms with E-state index in [0.717, 1.165) is 22.8 Å². The lowest BCUT2D eigenvalue weighted by molar-refractivity contribution is 0.157. The van der Waals surface area contributed by atoms with Crippen LogP contribution in [0.3, 0.4) is 0 Å². The average Bonchev–Trinajstić information content (AvgIpc) is 3.32. The molecule has 4 aromatic heterocycles. The van der Waals surface area contributed by atoms with Crippen LogP contribution in [0.4, 0.5) is 10.2 Å². The maximum Gasteiger partial charge on any atom is 0.182 e. The van der Waals surface area contributed by atoms with Crippen molar-refractivity contribution >= 4 is 27.9 Å². The number of nitrogens with one attached hydrogen (secondary N) is 2. The van der Waals surface area contributed by atoms with Crippen molar-refractivity contribution in [2.24, 2.45) is 18.9 Å². The van der Waals surface area contributed by atoms with Crippen molar-refractivity contribution < 1.29 is 4.39 Å². The van der Waals surface area contributed by atoms with Gasteiger partial charge < -0.3 is 9.88 Å². The van der Waals surface area contributed by atoms with Gasteiger partial charge in [0.05, 0.1) is 17.0 Å². The highest BCUT2D eigenvalue weighted by molar-refractivity contribution is 5.93. The van der Waals surface area contributed by atoms with Crippen LogP contribution in [0.5, 0.6) is 0 Å². The molecule has 0 aliphatic heterocycles. The van der Waals surface area contributed by atoms with E-state index in [1.807, 2.05) is 17.8 Å². The Labute approximate surface area is 166 Å². The molecule has 0 amide bonds. The molecule has 7 rings (SSSR count). The number of hydrogen-bond donors (Lipinski definition) is 2. The number of hydrogen-bond acceptors (Lipinski definition) is 5. The van der Waals surface area contributed by atoms with Crippen LogP contribution < -0.4 is 5.32 Å². The summed E-state index contributed by atoms with van der Waals surface area (Å²) in [5, 5.41) is 12.5. The van der Waals surface area contributed by atoms with Crippen LogP contribution in [-0.2, 0) is 7.05 Å². The van der Waals surface area contributed by atoms with Crippen LogP contribution in [0.1, 0.15) is 32.1 Å². The molecule has 29 heavy (non-hydrogen) atoms. The molecule has 1 unspecified atom stereocenters. The molecule has 3 saturated carbocycles. The highest BCUT2D eigenvalue weighted by Gasteiger charge is 2.36. The third-order valence-corrected chi connectivity index (χ3v) is 6.69. The van der Waals surface area contributed by atoms with Crippen molar-refractivity contribution in [2.45, 2.75) is 38.1 Å². The van der Waals surface area contributed by atoms with Crippen molar-refractivity contribution in [1.29, 1.82) is 0 Å². The first-order valence-corrected chi connectivity index (χ1v) is 10.3. The standard InChI is InChI=1S/C21H22FN7/c1-29-7-6-14-19(24-16-8-11-2-4-12(16)5-3-11)25-20(26-21(14)29)17-15-9-13(22)10-23-18(15)28-27-17/h6-7,9-12,16H,2-5,8H2,1H3,(H,23,27,28)(H,24,25,26). The lowest BCUT2D eigenvalue weighted by atomic mass is 9.68. The summed E-state index contributed by atoms with van der Waals surface area (Å²) < 4.78 is 15.8. The van der Waals surface area contributed by atoms with Gasteiger partial charge in [-0.1, -0.05) is 12.8 Å². The number of aromatic nitrogens is 6. The Balaban J connectivity index is 1.48. The first kappa shape index (κ1) is 16.9. The van der Waals surface area contributed by atoms with Gasteiger partial charge in [0.1, 0.15) is 23.0 Å². The van der Waals surface area contributed by atoms with E-state index < -0.39 is 5.82 Å². The van der Waals surface area contributed by atoms with Gasteiger partial charge in [-0.25, -0.2) is 19.3 Å². The molecule has 0 saturated heterocycles. The average molecular weight is 391 g/mol. The Hall–Kier alpha value is -3.03. The van der Waals surface area contributed by atoms with E-state index in [9.17, 15) is 4.39 Å². The minimum Gasteiger partial charge on any atom is -0.366 e. The van der Waals surface area contributed by atoms with Crippen molar-refractivity contribution in [3.8, 4) is 11.5 Å². The fourth-order valence-electron chi connectivity index (χ4n) is 5.13. The molecule has 3 aliphatic rings. The largest absolute Gasteiger partial charge is 0.366 e. The molecule has 0 spiro atoms. The van der Waals surface area contributed by atoms with E-state index in [4.69, 9.17) is 9.97 Å². The zero-order chi connectivity index (χ0) is 19.5.